The largest absolute Gasteiger partial charge is 0.291 e. The number of aromatic amines is 1. The fraction of sp³-hybridized carbons (Fsp3) is 0.375. The lowest BCUT2D eigenvalue weighted by atomic mass is 10.0. The molecular formula is C24H28N8O. The zero-order valence-electron chi connectivity index (χ0n) is 19.0. The predicted molar refractivity (Wildman–Crippen MR) is 124 cm³/mol. The van der Waals surface area contributed by atoms with Crippen molar-refractivity contribution in [2.75, 3.05) is 0 Å². The smallest absolute Gasteiger partial charge is 0.217 e. The maximum Gasteiger partial charge on any atom is 0.217 e. The number of hydrogen-bond acceptors (Lipinski definition) is 7. The van der Waals surface area contributed by atoms with E-state index in [2.05, 4.69) is 61.7 Å². The highest BCUT2D eigenvalue weighted by Crippen LogP contribution is 2.27. The van der Waals surface area contributed by atoms with Crippen molar-refractivity contribution in [2.45, 2.75) is 58.9 Å². The summed E-state index contributed by atoms with van der Waals surface area (Å²) in [6, 6.07) is 12.0. The number of carbonyl (C=O) groups is 1. The Kier molecular flexibility index (Phi) is 7.29. The third-order valence-electron chi connectivity index (χ3n) is 5.46. The van der Waals surface area contributed by atoms with Gasteiger partial charge in [-0.25, -0.2) is 9.67 Å². The SMILES string of the molecule is CCCCC(=O)c1nc(Cc2ccc(-c3ncccc3-c3nn[nH]n3)cc2)n(CCCC)n1. The molecule has 4 rings (SSSR count). The highest BCUT2D eigenvalue weighted by atomic mass is 16.1. The van der Waals surface area contributed by atoms with Crippen LogP contribution in [-0.2, 0) is 13.0 Å². The van der Waals surface area contributed by atoms with E-state index >= 15 is 0 Å². The van der Waals surface area contributed by atoms with Crippen LogP contribution < -0.4 is 0 Å². The molecule has 0 spiro atoms. The van der Waals surface area contributed by atoms with Crippen LogP contribution in [0.4, 0.5) is 0 Å². The van der Waals surface area contributed by atoms with Crippen molar-refractivity contribution >= 4 is 5.78 Å². The predicted octanol–water partition coefficient (Wildman–Crippen LogP) is 4.28. The second-order valence-electron chi connectivity index (χ2n) is 7.96. The molecule has 0 atom stereocenters. The van der Waals surface area contributed by atoms with E-state index in [1.54, 1.807) is 6.20 Å². The molecule has 0 aliphatic carbocycles. The summed E-state index contributed by atoms with van der Waals surface area (Å²) in [5.74, 6) is 1.69. The van der Waals surface area contributed by atoms with E-state index in [0.717, 1.165) is 60.4 Å². The summed E-state index contributed by atoms with van der Waals surface area (Å²) in [5, 5.41) is 18.8. The second-order valence-corrected chi connectivity index (χ2v) is 7.96. The lowest BCUT2D eigenvalue weighted by Crippen LogP contribution is -2.07. The summed E-state index contributed by atoms with van der Waals surface area (Å²) in [7, 11) is 0. The molecule has 1 aromatic carbocycles. The van der Waals surface area contributed by atoms with Crippen molar-refractivity contribution in [3.8, 4) is 22.6 Å². The monoisotopic (exact) mass is 444 g/mol. The molecular weight excluding hydrogens is 416 g/mol. The van der Waals surface area contributed by atoms with Crippen LogP contribution in [0.2, 0.25) is 0 Å². The quantitative estimate of drug-likeness (QED) is 0.343. The number of nitrogens with zero attached hydrogens (tertiary/aromatic N) is 7. The lowest BCUT2D eigenvalue weighted by molar-refractivity contribution is 0.0969. The topological polar surface area (TPSA) is 115 Å². The first-order valence-electron chi connectivity index (χ1n) is 11.4. The van der Waals surface area contributed by atoms with Crippen molar-refractivity contribution in [1.29, 1.82) is 0 Å². The normalized spacial score (nSPS) is 11.1. The van der Waals surface area contributed by atoms with Crippen LogP contribution in [0, 0.1) is 0 Å². The van der Waals surface area contributed by atoms with E-state index in [1.165, 1.54) is 0 Å². The number of aromatic nitrogens is 8. The third-order valence-corrected chi connectivity index (χ3v) is 5.46. The maximum absolute atomic E-state index is 12.5. The zero-order chi connectivity index (χ0) is 23.0. The molecule has 0 radical (unpaired) electrons. The summed E-state index contributed by atoms with van der Waals surface area (Å²) in [4.78, 5) is 21.6. The third kappa shape index (κ3) is 5.36. The molecule has 170 valence electrons. The van der Waals surface area contributed by atoms with Crippen LogP contribution in [0.5, 0.6) is 0 Å². The van der Waals surface area contributed by atoms with Gasteiger partial charge in [-0.3, -0.25) is 9.78 Å². The van der Waals surface area contributed by atoms with Crippen molar-refractivity contribution in [3.63, 3.8) is 0 Å². The number of tetrazole rings is 1. The molecule has 9 nitrogen and oxygen atoms in total. The first-order chi connectivity index (χ1) is 16.2. The number of rotatable bonds is 11. The molecule has 0 bridgehead atoms. The fourth-order valence-corrected chi connectivity index (χ4v) is 3.61. The standard InChI is InChI=1S/C24H28N8O/c1-3-5-9-20(33)24-26-21(32(29-24)15-6-4-2)16-17-10-12-18(13-11-17)22-19(8-7-14-25-22)23-27-30-31-28-23/h7-8,10-14H,3-6,9,15-16H2,1-2H3,(H,27,28,30,31). The Morgan fingerprint density at radius 2 is 1.88 bits per heavy atom. The number of hydrogen-bond donors (Lipinski definition) is 1. The van der Waals surface area contributed by atoms with Gasteiger partial charge in [0.2, 0.25) is 17.4 Å². The summed E-state index contributed by atoms with van der Waals surface area (Å²) >= 11 is 0. The molecule has 3 aromatic heterocycles. The van der Waals surface area contributed by atoms with E-state index in [4.69, 9.17) is 0 Å². The number of pyridine rings is 1. The number of ketones is 1. The molecule has 0 fully saturated rings. The molecule has 33 heavy (non-hydrogen) atoms. The van der Waals surface area contributed by atoms with Crippen molar-refractivity contribution < 1.29 is 4.79 Å². The first-order valence-corrected chi connectivity index (χ1v) is 11.4. The van der Waals surface area contributed by atoms with Gasteiger partial charge in [0.15, 0.2) is 0 Å². The average Bonchev–Trinajstić information content (AvgIpc) is 3.52. The van der Waals surface area contributed by atoms with E-state index in [9.17, 15) is 4.79 Å². The highest BCUT2D eigenvalue weighted by Gasteiger charge is 2.17. The van der Waals surface area contributed by atoms with Gasteiger partial charge in [0.05, 0.1) is 5.69 Å². The Morgan fingerprint density at radius 1 is 1.06 bits per heavy atom. The maximum atomic E-state index is 12.5. The Hall–Kier alpha value is -3.75. The van der Waals surface area contributed by atoms with E-state index in [1.807, 2.05) is 28.9 Å². The van der Waals surface area contributed by atoms with Gasteiger partial charge in [-0.15, -0.1) is 15.3 Å². The number of benzene rings is 1. The fourth-order valence-electron chi connectivity index (χ4n) is 3.61. The first kappa shape index (κ1) is 22.4. The Bertz CT molecular complexity index is 1180. The minimum absolute atomic E-state index is 0.0212. The van der Waals surface area contributed by atoms with Gasteiger partial charge in [0.1, 0.15) is 5.82 Å². The summed E-state index contributed by atoms with van der Waals surface area (Å²) in [6.07, 6.45) is 6.74. The number of carbonyl (C=O) groups excluding carboxylic acids is 1. The Labute approximate surface area is 192 Å². The molecule has 0 aliphatic rings. The van der Waals surface area contributed by atoms with Crippen LogP contribution in [0.15, 0.2) is 42.6 Å². The number of H-pyrrole nitrogens is 1. The van der Waals surface area contributed by atoms with Gasteiger partial charge in [-0.2, -0.15) is 5.21 Å². The Morgan fingerprint density at radius 3 is 2.61 bits per heavy atom. The van der Waals surface area contributed by atoms with Crippen LogP contribution in [-0.4, -0.2) is 46.2 Å². The number of nitrogens with one attached hydrogen (secondary N) is 1. The molecule has 4 aromatic rings. The van der Waals surface area contributed by atoms with E-state index in [0.29, 0.717) is 24.5 Å². The van der Waals surface area contributed by atoms with Gasteiger partial charge >= 0.3 is 0 Å². The highest BCUT2D eigenvalue weighted by molar-refractivity contribution is 5.92. The number of unbranched alkanes of at least 4 members (excludes halogenated alkanes) is 2. The van der Waals surface area contributed by atoms with Crippen molar-refractivity contribution in [2.24, 2.45) is 0 Å². The molecule has 0 saturated heterocycles. The average molecular weight is 445 g/mol. The van der Waals surface area contributed by atoms with Gasteiger partial charge in [0.25, 0.3) is 0 Å². The summed E-state index contributed by atoms with van der Waals surface area (Å²) in [6.45, 7) is 4.98. The van der Waals surface area contributed by atoms with Crippen molar-refractivity contribution in [3.05, 3.63) is 59.8 Å². The van der Waals surface area contributed by atoms with Gasteiger partial charge in [-0.1, -0.05) is 51.0 Å². The molecule has 9 heteroatoms. The second kappa shape index (κ2) is 10.7. The van der Waals surface area contributed by atoms with Crippen LogP contribution in [0.3, 0.4) is 0 Å². The molecule has 0 aliphatic heterocycles. The lowest BCUT2D eigenvalue weighted by Gasteiger charge is -2.08. The van der Waals surface area contributed by atoms with Gasteiger partial charge in [0, 0.05) is 36.7 Å². The number of aryl methyl sites for hydroxylation is 1. The van der Waals surface area contributed by atoms with Crippen LogP contribution in [0.25, 0.3) is 22.6 Å². The summed E-state index contributed by atoms with van der Waals surface area (Å²) < 4.78 is 1.89. The van der Waals surface area contributed by atoms with E-state index < -0.39 is 0 Å². The van der Waals surface area contributed by atoms with Crippen molar-refractivity contribution in [1.82, 2.24) is 40.4 Å². The van der Waals surface area contributed by atoms with Gasteiger partial charge < -0.3 is 0 Å². The van der Waals surface area contributed by atoms with Crippen LogP contribution >= 0.6 is 0 Å². The minimum Gasteiger partial charge on any atom is -0.291 e. The number of Topliss-reactive ketones (excluding diaryl/α,β-unsaturated/α-hetero) is 1. The molecule has 0 saturated carbocycles. The molecule has 1 N–H and O–H groups in total. The molecule has 0 unspecified atom stereocenters. The van der Waals surface area contributed by atoms with E-state index in [-0.39, 0.29) is 5.78 Å². The zero-order valence-corrected chi connectivity index (χ0v) is 19.0. The van der Waals surface area contributed by atoms with Crippen LogP contribution in [0.1, 0.15) is 68.0 Å². The molecule has 3 heterocycles. The summed E-state index contributed by atoms with van der Waals surface area (Å²) in [5.41, 5.74) is 3.66. The Balaban J connectivity index is 1.56. The molecule has 0 amide bonds. The van der Waals surface area contributed by atoms with Gasteiger partial charge in [-0.05, 0) is 35.8 Å². The minimum atomic E-state index is 0.0212.